The molecule has 0 saturated heterocycles. The molecular weight excluding hydrogens is 373 g/mol. The number of amides is 1. The molecule has 142 valence electrons. The first-order valence-electron chi connectivity index (χ1n) is 8.67. The minimum atomic E-state index is -2.88. The van der Waals surface area contributed by atoms with Gasteiger partial charge in [-0.1, -0.05) is 18.2 Å². The second-order valence-corrected chi connectivity index (χ2v) is 6.87. The Hall–Kier alpha value is -3.23. The third-order valence-electron chi connectivity index (χ3n) is 5.24. The largest absolute Gasteiger partial charge is 0.415 e. The second-order valence-electron chi connectivity index (χ2n) is 6.87. The van der Waals surface area contributed by atoms with Crippen molar-refractivity contribution in [2.45, 2.75) is 31.4 Å². The zero-order valence-corrected chi connectivity index (χ0v) is 14.4. The van der Waals surface area contributed by atoms with Gasteiger partial charge in [0.2, 0.25) is 5.89 Å². The Morgan fingerprint density at radius 2 is 1.96 bits per heavy atom. The number of alkyl halides is 2. The number of aromatic nitrogens is 3. The molecule has 0 atom stereocenters. The van der Waals surface area contributed by atoms with Gasteiger partial charge in [0.25, 0.3) is 11.8 Å². The van der Waals surface area contributed by atoms with Crippen LogP contribution in [0.5, 0.6) is 0 Å². The number of rotatable bonds is 4. The first kappa shape index (κ1) is 16.9. The number of benzene rings is 1. The third-order valence-corrected chi connectivity index (χ3v) is 5.24. The molecule has 28 heavy (non-hydrogen) atoms. The molecule has 9 heteroatoms. The third kappa shape index (κ3) is 2.42. The summed E-state index contributed by atoms with van der Waals surface area (Å²) >= 11 is 0. The van der Waals surface area contributed by atoms with Crippen LogP contribution in [0.2, 0.25) is 0 Å². The smallest absolute Gasteiger partial charge is 0.314 e. The van der Waals surface area contributed by atoms with Crippen LogP contribution in [0, 0.1) is 5.82 Å². The lowest BCUT2D eigenvalue weighted by Crippen LogP contribution is -2.36. The number of halogens is 3. The molecule has 0 N–H and O–H groups in total. The van der Waals surface area contributed by atoms with Crippen molar-refractivity contribution in [3.05, 3.63) is 65.1 Å². The number of carbonyl (C=O) groups excluding carboxylic acids is 1. The molecule has 1 aliphatic heterocycles. The average molecular weight is 386 g/mol. The number of nitrogens with zero attached hydrogens (tertiary/aromatic N) is 4. The fourth-order valence-electron chi connectivity index (χ4n) is 3.71. The van der Waals surface area contributed by atoms with Crippen LogP contribution in [-0.2, 0) is 12.1 Å². The zero-order valence-electron chi connectivity index (χ0n) is 14.4. The Morgan fingerprint density at radius 1 is 1.18 bits per heavy atom. The van der Waals surface area contributed by atoms with E-state index in [4.69, 9.17) is 4.42 Å². The van der Waals surface area contributed by atoms with Gasteiger partial charge < -0.3 is 9.32 Å². The predicted octanol–water partition coefficient (Wildman–Crippen LogP) is 3.85. The summed E-state index contributed by atoms with van der Waals surface area (Å²) in [6, 6.07) is 7.95. The van der Waals surface area contributed by atoms with Crippen molar-refractivity contribution in [3.63, 3.8) is 0 Å². The van der Waals surface area contributed by atoms with Crippen molar-refractivity contribution >= 4 is 5.91 Å². The number of hydrogen-bond donors (Lipinski definition) is 0. The van der Waals surface area contributed by atoms with Crippen molar-refractivity contribution < 1.29 is 22.4 Å². The van der Waals surface area contributed by atoms with Crippen LogP contribution in [-0.4, -0.2) is 26.0 Å². The molecule has 1 aliphatic carbocycles. The highest BCUT2D eigenvalue weighted by Crippen LogP contribution is 2.54. The van der Waals surface area contributed by atoms with Crippen molar-refractivity contribution in [2.24, 2.45) is 0 Å². The van der Waals surface area contributed by atoms with Gasteiger partial charge in [-0.2, -0.15) is 8.78 Å². The van der Waals surface area contributed by atoms with Gasteiger partial charge in [0.05, 0.1) is 28.9 Å². The van der Waals surface area contributed by atoms with Crippen LogP contribution in [0.1, 0.15) is 46.8 Å². The molecule has 5 rings (SSSR count). The molecule has 2 aliphatic rings. The summed E-state index contributed by atoms with van der Waals surface area (Å²) in [6.07, 6.45) is -0.137. The van der Waals surface area contributed by atoms with E-state index >= 15 is 0 Å². The van der Waals surface area contributed by atoms with Gasteiger partial charge >= 0.3 is 6.43 Å². The first-order chi connectivity index (χ1) is 13.5. The van der Waals surface area contributed by atoms with Gasteiger partial charge in [0, 0.05) is 11.8 Å². The summed E-state index contributed by atoms with van der Waals surface area (Å²) in [4.78, 5) is 18.9. The molecule has 0 radical (unpaired) electrons. The van der Waals surface area contributed by atoms with Gasteiger partial charge in [0.1, 0.15) is 5.82 Å². The van der Waals surface area contributed by atoms with E-state index in [0.717, 1.165) is 0 Å². The molecular formula is C19H13F3N4O2. The van der Waals surface area contributed by atoms with E-state index in [1.165, 1.54) is 18.3 Å². The van der Waals surface area contributed by atoms with Gasteiger partial charge in [-0.25, -0.2) is 4.39 Å². The maximum atomic E-state index is 14.3. The molecule has 0 spiro atoms. The first-order valence-corrected chi connectivity index (χ1v) is 8.67. The lowest BCUT2D eigenvalue weighted by molar-refractivity contribution is 0.0665. The van der Waals surface area contributed by atoms with E-state index in [9.17, 15) is 18.0 Å². The topological polar surface area (TPSA) is 72.1 Å². The molecule has 3 aromatic rings. The van der Waals surface area contributed by atoms with Crippen LogP contribution in [0.4, 0.5) is 13.2 Å². The minimum Gasteiger partial charge on any atom is -0.415 e. The molecule has 6 nitrogen and oxygen atoms in total. The summed E-state index contributed by atoms with van der Waals surface area (Å²) in [7, 11) is 0. The number of fused-ring (bicyclic) bond motifs is 1. The van der Waals surface area contributed by atoms with E-state index in [-0.39, 0.29) is 29.7 Å². The quantitative estimate of drug-likeness (QED) is 0.681. The van der Waals surface area contributed by atoms with Gasteiger partial charge in [-0.05, 0) is 25.0 Å². The SMILES string of the molecule is O=C1c2cc(-c3nnc(C(F)F)o3)cnc2CN1C1(c2ccccc2F)CC1. The van der Waals surface area contributed by atoms with Crippen molar-refractivity contribution in [1.82, 2.24) is 20.1 Å². The van der Waals surface area contributed by atoms with Crippen molar-refractivity contribution in [1.29, 1.82) is 0 Å². The number of pyridine rings is 1. The lowest BCUT2D eigenvalue weighted by atomic mass is 10.0. The van der Waals surface area contributed by atoms with E-state index in [1.807, 2.05) is 0 Å². The molecule has 1 amide bonds. The fourth-order valence-corrected chi connectivity index (χ4v) is 3.71. The molecule has 1 saturated carbocycles. The molecule has 3 heterocycles. The molecule has 1 fully saturated rings. The van der Waals surface area contributed by atoms with Gasteiger partial charge in [0.15, 0.2) is 0 Å². The Morgan fingerprint density at radius 3 is 2.64 bits per heavy atom. The van der Waals surface area contributed by atoms with Crippen molar-refractivity contribution in [2.75, 3.05) is 0 Å². The Kier molecular flexibility index (Phi) is 3.55. The number of hydrogen-bond acceptors (Lipinski definition) is 5. The van der Waals surface area contributed by atoms with Crippen molar-refractivity contribution in [3.8, 4) is 11.5 Å². The molecule has 0 unspecified atom stereocenters. The average Bonchev–Trinajstić information content (AvgIpc) is 3.19. The van der Waals surface area contributed by atoms with E-state index in [1.54, 1.807) is 23.1 Å². The van der Waals surface area contributed by atoms with Crippen LogP contribution in [0.25, 0.3) is 11.5 Å². The van der Waals surface area contributed by atoms with Crippen LogP contribution < -0.4 is 0 Å². The molecule has 0 bridgehead atoms. The Labute approximate surface area is 157 Å². The highest BCUT2D eigenvalue weighted by molar-refractivity contribution is 5.99. The lowest BCUT2D eigenvalue weighted by Gasteiger charge is -2.28. The summed E-state index contributed by atoms with van der Waals surface area (Å²) in [5.74, 6) is -1.55. The van der Waals surface area contributed by atoms with E-state index < -0.39 is 17.9 Å². The van der Waals surface area contributed by atoms with Crippen LogP contribution in [0.15, 0.2) is 40.9 Å². The van der Waals surface area contributed by atoms with Gasteiger partial charge in [-0.15, -0.1) is 10.2 Å². The monoisotopic (exact) mass is 386 g/mol. The maximum Gasteiger partial charge on any atom is 0.314 e. The summed E-state index contributed by atoms with van der Waals surface area (Å²) in [5.41, 5.74) is 0.984. The Bertz CT molecular complexity index is 1090. The predicted molar refractivity (Wildman–Crippen MR) is 89.7 cm³/mol. The van der Waals surface area contributed by atoms with E-state index in [2.05, 4.69) is 15.2 Å². The summed E-state index contributed by atoms with van der Waals surface area (Å²) < 4.78 is 44.6. The highest BCUT2D eigenvalue weighted by Gasteiger charge is 2.55. The fraction of sp³-hybridized carbons (Fsp3) is 0.263. The normalized spacial score (nSPS) is 17.3. The van der Waals surface area contributed by atoms with Crippen LogP contribution in [0.3, 0.4) is 0 Å². The maximum absolute atomic E-state index is 14.3. The zero-order chi connectivity index (χ0) is 19.5. The van der Waals surface area contributed by atoms with Gasteiger partial charge in [-0.3, -0.25) is 9.78 Å². The standard InChI is InChI=1S/C19H13F3N4O2/c20-13-4-2-1-3-12(13)19(5-6-19)26-9-14-11(18(26)27)7-10(8-23-14)16-24-25-17(28-16)15(21)22/h1-4,7-8,15H,5-6,9H2. The number of carbonyl (C=O) groups is 1. The summed E-state index contributed by atoms with van der Waals surface area (Å²) in [5, 5.41) is 6.87. The summed E-state index contributed by atoms with van der Waals surface area (Å²) in [6.45, 7) is 0.259. The molecule has 1 aromatic carbocycles. The minimum absolute atomic E-state index is 0.132. The Balaban J connectivity index is 1.49. The van der Waals surface area contributed by atoms with Crippen LogP contribution >= 0.6 is 0 Å². The van der Waals surface area contributed by atoms with E-state index in [0.29, 0.717) is 29.7 Å². The highest BCUT2D eigenvalue weighted by atomic mass is 19.3. The second kappa shape index (κ2) is 5.88. The molecule has 2 aromatic heterocycles.